The number of amides is 1. The van der Waals surface area contributed by atoms with Gasteiger partial charge < -0.3 is 25.0 Å². The summed E-state index contributed by atoms with van der Waals surface area (Å²) in [6, 6.07) is 10.5. The number of rotatable bonds is 10. The van der Waals surface area contributed by atoms with E-state index < -0.39 is 5.60 Å². The van der Waals surface area contributed by atoms with Gasteiger partial charge in [-0.2, -0.15) is 0 Å². The van der Waals surface area contributed by atoms with E-state index in [1.165, 1.54) is 5.56 Å². The van der Waals surface area contributed by atoms with E-state index in [2.05, 4.69) is 46.7 Å². The van der Waals surface area contributed by atoms with Crippen LogP contribution in [0.15, 0.2) is 35.3 Å². The van der Waals surface area contributed by atoms with Crippen molar-refractivity contribution in [1.82, 2.24) is 15.5 Å². The Labute approximate surface area is 210 Å². The molecule has 1 aromatic rings. The number of halogens is 1. The second kappa shape index (κ2) is 15.3. The molecule has 1 unspecified atom stereocenters. The molecule has 0 aliphatic carbocycles. The first-order valence-corrected chi connectivity index (χ1v) is 11.5. The lowest BCUT2D eigenvalue weighted by atomic mass is 10.2. The molecule has 1 fully saturated rings. The number of nitrogens with zero attached hydrogens (tertiary/aromatic N) is 2. The van der Waals surface area contributed by atoms with E-state index >= 15 is 0 Å². The van der Waals surface area contributed by atoms with Crippen LogP contribution >= 0.6 is 24.0 Å². The van der Waals surface area contributed by atoms with Crippen molar-refractivity contribution in [1.29, 1.82) is 0 Å². The maximum absolute atomic E-state index is 12.0. The van der Waals surface area contributed by atoms with Gasteiger partial charge >= 0.3 is 6.09 Å². The number of likely N-dealkylation sites (tertiary alicyclic amines) is 1. The SMILES string of the molecule is CCNC(=NCCCCOCCc1ccccc1)N1CCC(NC(=O)OC(C)(C)C)C1.I. The molecule has 0 spiro atoms. The third-order valence-electron chi connectivity index (χ3n) is 4.88. The number of hydrogen-bond donors (Lipinski definition) is 2. The molecule has 8 heteroatoms. The highest BCUT2D eigenvalue weighted by molar-refractivity contribution is 14.0. The van der Waals surface area contributed by atoms with Gasteiger partial charge in [0, 0.05) is 32.8 Å². The molecule has 2 rings (SSSR count). The average Bonchev–Trinajstić information content (AvgIpc) is 3.16. The van der Waals surface area contributed by atoms with Gasteiger partial charge in [0.15, 0.2) is 5.96 Å². The van der Waals surface area contributed by atoms with Crippen molar-refractivity contribution in [2.45, 2.75) is 65.0 Å². The molecule has 1 amide bonds. The van der Waals surface area contributed by atoms with Crippen LogP contribution in [0.3, 0.4) is 0 Å². The number of benzene rings is 1. The molecule has 1 atom stereocenters. The zero-order valence-corrected chi connectivity index (χ0v) is 22.4. The van der Waals surface area contributed by atoms with E-state index in [1.807, 2.05) is 26.8 Å². The smallest absolute Gasteiger partial charge is 0.407 e. The Balaban J connectivity index is 0.00000512. The number of carbonyl (C=O) groups is 1. The highest BCUT2D eigenvalue weighted by Crippen LogP contribution is 2.12. The summed E-state index contributed by atoms with van der Waals surface area (Å²) in [7, 11) is 0. The topological polar surface area (TPSA) is 75.2 Å². The maximum atomic E-state index is 12.0. The molecular formula is C24H41IN4O3. The molecule has 2 N–H and O–H groups in total. The van der Waals surface area contributed by atoms with Crippen LogP contribution in [-0.2, 0) is 15.9 Å². The minimum absolute atomic E-state index is 0. The fourth-order valence-corrected chi connectivity index (χ4v) is 3.41. The van der Waals surface area contributed by atoms with Gasteiger partial charge in [-0.05, 0) is 58.9 Å². The number of aliphatic imine (C=N–C) groups is 1. The number of carbonyl (C=O) groups excluding carboxylic acids is 1. The quantitative estimate of drug-likeness (QED) is 0.194. The Hall–Kier alpha value is -1.55. The van der Waals surface area contributed by atoms with Crippen LogP contribution in [0.2, 0.25) is 0 Å². The van der Waals surface area contributed by atoms with Gasteiger partial charge in [0.1, 0.15) is 5.60 Å². The first kappa shape index (κ1) is 28.5. The summed E-state index contributed by atoms with van der Waals surface area (Å²) >= 11 is 0. The van der Waals surface area contributed by atoms with Gasteiger partial charge in [-0.1, -0.05) is 30.3 Å². The van der Waals surface area contributed by atoms with Crippen LogP contribution in [0, 0.1) is 0 Å². The second-order valence-electron chi connectivity index (χ2n) is 8.87. The van der Waals surface area contributed by atoms with E-state index in [-0.39, 0.29) is 36.1 Å². The van der Waals surface area contributed by atoms with Crippen LogP contribution in [0.4, 0.5) is 4.79 Å². The highest BCUT2D eigenvalue weighted by atomic mass is 127. The number of nitrogens with one attached hydrogen (secondary N) is 2. The largest absolute Gasteiger partial charge is 0.444 e. The van der Waals surface area contributed by atoms with Crippen molar-refractivity contribution >= 4 is 36.0 Å². The Morgan fingerprint density at radius 3 is 2.62 bits per heavy atom. The second-order valence-corrected chi connectivity index (χ2v) is 8.87. The maximum Gasteiger partial charge on any atom is 0.407 e. The molecule has 0 aromatic heterocycles. The van der Waals surface area contributed by atoms with Crippen LogP contribution in [0.1, 0.15) is 52.5 Å². The molecule has 0 radical (unpaired) electrons. The Bertz CT molecular complexity index is 680. The van der Waals surface area contributed by atoms with Crippen molar-refractivity contribution in [3.05, 3.63) is 35.9 Å². The molecule has 1 aliphatic rings. The zero-order valence-electron chi connectivity index (χ0n) is 20.1. The number of ether oxygens (including phenoxy) is 2. The summed E-state index contributed by atoms with van der Waals surface area (Å²) in [4.78, 5) is 19.0. The summed E-state index contributed by atoms with van der Waals surface area (Å²) in [5.74, 6) is 0.918. The fourth-order valence-electron chi connectivity index (χ4n) is 3.41. The standard InChI is InChI=1S/C24H40N4O3.HI/c1-5-25-22(28-16-13-21(19-28)27-23(29)31-24(2,3)4)26-15-9-10-17-30-18-14-20-11-7-6-8-12-20;/h6-8,11-12,21H,5,9-10,13-19H2,1-4H3,(H,25,26)(H,27,29);1H. The van der Waals surface area contributed by atoms with Gasteiger partial charge in [0.25, 0.3) is 0 Å². The fraction of sp³-hybridized carbons (Fsp3) is 0.667. The predicted molar refractivity (Wildman–Crippen MR) is 141 cm³/mol. The molecule has 1 aromatic carbocycles. The molecule has 7 nitrogen and oxygen atoms in total. The lowest BCUT2D eigenvalue weighted by Crippen LogP contribution is -2.44. The molecular weight excluding hydrogens is 519 g/mol. The van der Waals surface area contributed by atoms with Gasteiger partial charge in [-0.3, -0.25) is 4.99 Å². The number of guanidine groups is 1. The first-order valence-electron chi connectivity index (χ1n) is 11.5. The van der Waals surface area contributed by atoms with Crippen molar-refractivity contribution in [2.24, 2.45) is 4.99 Å². The van der Waals surface area contributed by atoms with E-state index in [1.54, 1.807) is 0 Å². The average molecular weight is 561 g/mol. The van der Waals surface area contributed by atoms with Crippen molar-refractivity contribution in [3.8, 4) is 0 Å². The summed E-state index contributed by atoms with van der Waals surface area (Å²) < 4.78 is 11.1. The predicted octanol–water partition coefficient (Wildman–Crippen LogP) is 4.21. The summed E-state index contributed by atoms with van der Waals surface area (Å²) in [6.07, 6.45) is 3.48. The normalized spacial score (nSPS) is 16.4. The molecule has 182 valence electrons. The van der Waals surface area contributed by atoms with Crippen molar-refractivity contribution < 1.29 is 14.3 Å². The Kier molecular flexibility index (Phi) is 13.6. The van der Waals surface area contributed by atoms with E-state index in [0.717, 1.165) is 71.0 Å². The number of unbranched alkanes of at least 4 members (excludes halogenated alkanes) is 1. The molecule has 0 bridgehead atoms. The molecule has 1 aliphatic heterocycles. The van der Waals surface area contributed by atoms with Crippen molar-refractivity contribution in [3.63, 3.8) is 0 Å². The van der Waals surface area contributed by atoms with Crippen LogP contribution in [-0.4, -0.2) is 68.0 Å². The number of hydrogen-bond acceptors (Lipinski definition) is 4. The Morgan fingerprint density at radius 1 is 1.19 bits per heavy atom. The van der Waals surface area contributed by atoms with Gasteiger partial charge in [-0.25, -0.2) is 4.79 Å². The zero-order chi connectivity index (χ0) is 22.5. The molecule has 1 heterocycles. The van der Waals surface area contributed by atoms with Gasteiger partial charge in [0.2, 0.25) is 0 Å². The Morgan fingerprint density at radius 2 is 1.94 bits per heavy atom. The lowest BCUT2D eigenvalue weighted by Gasteiger charge is -2.23. The molecule has 32 heavy (non-hydrogen) atoms. The molecule has 1 saturated heterocycles. The van der Waals surface area contributed by atoms with E-state index in [0.29, 0.717) is 0 Å². The van der Waals surface area contributed by atoms with Gasteiger partial charge in [0.05, 0.1) is 12.6 Å². The summed E-state index contributed by atoms with van der Waals surface area (Å²) in [5, 5.41) is 6.33. The van der Waals surface area contributed by atoms with Crippen molar-refractivity contribution in [2.75, 3.05) is 39.4 Å². The van der Waals surface area contributed by atoms with Crippen LogP contribution in [0.5, 0.6) is 0 Å². The van der Waals surface area contributed by atoms with Crippen LogP contribution < -0.4 is 10.6 Å². The molecule has 0 saturated carbocycles. The van der Waals surface area contributed by atoms with Gasteiger partial charge in [-0.15, -0.1) is 24.0 Å². The third kappa shape index (κ3) is 11.9. The number of alkyl carbamates (subject to hydrolysis) is 1. The first-order chi connectivity index (χ1) is 14.9. The monoisotopic (exact) mass is 560 g/mol. The summed E-state index contributed by atoms with van der Waals surface area (Å²) in [6.45, 7) is 12.4. The van der Waals surface area contributed by atoms with E-state index in [4.69, 9.17) is 14.5 Å². The minimum Gasteiger partial charge on any atom is -0.444 e. The van der Waals surface area contributed by atoms with E-state index in [9.17, 15) is 4.79 Å². The van der Waals surface area contributed by atoms with Crippen LogP contribution in [0.25, 0.3) is 0 Å². The minimum atomic E-state index is -0.482. The third-order valence-corrected chi connectivity index (χ3v) is 4.88. The lowest BCUT2D eigenvalue weighted by molar-refractivity contribution is 0.0507. The summed E-state index contributed by atoms with van der Waals surface area (Å²) in [5.41, 5.74) is 0.830. The highest BCUT2D eigenvalue weighted by Gasteiger charge is 2.27.